The lowest BCUT2D eigenvalue weighted by Crippen LogP contribution is -2.41. The minimum absolute atomic E-state index is 0.00448. The highest BCUT2D eigenvalue weighted by Gasteiger charge is 2.27. The van der Waals surface area contributed by atoms with Crippen LogP contribution in [0.5, 0.6) is 11.5 Å². The quantitative estimate of drug-likeness (QED) is 0.204. The fourth-order valence-corrected chi connectivity index (χ4v) is 2.93. The van der Waals surface area contributed by atoms with E-state index < -0.39 is 24.3 Å². The molecule has 3 N–H and O–H groups in total. The van der Waals surface area contributed by atoms with Gasteiger partial charge < -0.3 is 14.2 Å². The lowest BCUT2D eigenvalue weighted by molar-refractivity contribution is -0.161. The van der Waals surface area contributed by atoms with Gasteiger partial charge in [-0.1, -0.05) is 6.07 Å². The smallest absolute Gasteiger partial charge is 0.324 e. The molecule has 156 valence electrons. The molecule has 2 unspecified atom stereocenters. The largest absolute Gasteiger partial charge is 0.437 e. The summed E-state index contributed by atoms with van der Waals surface area (Å²) in [6.07, 6.45) is 3.71. The molecule has 0 bridgehead atoms. The van der Waals surface area contributed by atoms with Crippen molar-refractivity contribution in [2.24, 2.45) is 5.84 Å². The van der Waals surface area contributed by atoms with Crippen LogP contribution in [0.25, 0.3) is 0 Å². The lowest BCUT2D eigenvalue weighted by atomic mass is 10.0. The molecule has 2 heterocycles. The van der Waals surface area contributed by atoms with E-state index in [0.29, 0.717) is 30.8 Å². The van der Waals surface area contributed by atoms with Gasteiger partial charge in [-0.05, 0) is 43.0 Å². The lowest BCUT2D eigenvalue weighted by Gasteiger charge is -2.13. The van der Waals surface area contributed by atoms with Gasteiger partial charge in [0.1, 0.15) is 11.7 Å². The monoisotopic (exact) mass is 411 g/mol. The molecule has 0 aliphatic carbocycles. The average molecular weight is 411 g/mol. The third-order valence-corrected chi connectivity index (χ3v) is 4.41. The molecule has 10 heteroatoms. The number of unbranched alkanes of at least 4 members (excludes halogenated alkanes) is 1. The van der Waals surface area contributed by atoms with Crippen LogP contribution in [0.1, 0.15) is 43.0 Å². The van der Waals surface area contributed by atoms with Crippen LogP contribution in [0.2, 0.25) is 0 Å². The molecule has 1 aliphatic heterocycles. The van der Waals surface area contributed by atoms with Crippen molar-refractivity contribution in [1.82, 2.24) is 15.4 Å². The maximum Gasteiger partial charge on any atom is 0.324 e. The predicted octanol–water partition coefficient (Wildman–Crippen LogP) is 1.47. The molecule has 1 aromatic heterocycles. The van der Waals surface area contributed by atoms with Crippen molar-refractivity contribution in [1.29, 1.82) is 5.26 Å². The first-order valence-corrected chi connectivity index (χ1v) is 9.41. The van der Waals surface area contributed by atoms with Crippen LogP contribution in [0, 0.1) is 11.3 Å². The van der Waals surface area contributed by atoms with Gasteiger partial charge in [-0.2, -0.15) is 10.7 Å². The van der Waals surface area contributed by atoms with Crippen LogP contribution in [0.4, 0.5) is 0 Å². The number of nitrogens with one attached hydrogen (secondary N) is 1. The first-order valence-electron chi connectivity index (χ1n) is 9.41. The van der Waals surface area contributed by atoms with Crippen molar-refractivity contribution in [2.45, 2.75) is 44.4 Å². The molecule has 10 nitrogen and oxygen atoms in total. The number of aryl methyl sites for hydroxylation is 1. The number of carbonyl (C=O) groups excluding carboxylic acids is 2. The number of carbonyl (C=O) groups is 2. The molecular formula is C20H21N5O5. The second-order valence-corrected chi connectivity index (χ2v) is 6.52. The summed E-state index contributed by atoms with van der Waals surface area (Å²) in [4.78, 5) is 32.9. The topological polar surface area (TPSA) is 149 Å². The highest BCUT2D eigenvalue weighted by Crippen LogP contribution is 2.34. The summed E-state index contributed by atoms with van der Waals surface area (Å²) in [6.45, 7) is 0. The normalized spacial score (nSPS) is 15.3. The first kappa shape index (κ1) is 21.2. The van der Waals surface area contributed by atoms with Gasteiger partial charge in [0.15, 0.2) is 11.5 Å². The summed E-state index contributed by atoms with van der Waals surface area (Å²) in [5.41, 5.74) is 3.18. The van der Waals surface area contributed by atoms with Crippen molar-refractivity contribution >= 4 is 11.9 Å². The summed E-state index contributed by atoms with van der Waals surface area (Å²) in [5, 5.41) is 8.72. The Morgan fingerprint density at radius 3 is 2.77 bits per heavy atom. The Morgan fingerprint density at radius 1 is 1.27 bits per heavy atom. The minimum Gasteiger partial charge on any atom is -0.437 e. The summed E-state index contributed by atoms with van der Waals surface area (Å²) in [6, 6.07) is 8.90. The van der Waals surface area contributed by atoms with Crippen LogP contribution in [-0.4, -0.2) is 28.3 Å². The Labute approximate surface area is 172 Å². The number of ether oxygens (including phenoxy) is 3. The van der Waals surface area contributed by atoms with E-state index in [1.807, 2.05) is 6.07 Å². The van der Waals surface area contributed by atoms with Crippen molar-refractivity contribution in [2.75, 3.05) is 0 Å². The van der Waals surface area contributed by atoms with E-state index >= 15 is 0 Å². The zero-order valence-electron chi connectivity index (χ0n) is 16.1. The Hall–Kier alpha value is -3.55. The number of benzene rings is 1. The molecule has 0 amide bonds. The summed E-state index contributed by atoms with van der Waals surface area (Å²) in [7, 11) is 0. The Morgan fingerprint density at radius 2 is 2.03 bits per heavy atom. The number of hydrogen-bond donors (Lipinski definition) is 2. The molecule has 1 aliphatic rings. The minimum atomic E-state index is -0.797. The third kappa shape index (κ3) is 5.50. The molecule has 0 saturated carbocycles. The number of aromatic nitrogens is 2. The van der Waals surface area contributed by atoms with Crippen molar-refractivity contribution < 1.29 is 23.8 Å². The van der Waals surface area contributed by atoms with Gasteiger partial charge in [0.05, 0.1) is 12.5 Å². The number of nitrogens with two attached hydrogens (primary N) is 1. The summed E-state index contributed by atoms with van der Waals surface area (Å²) >= 11 is 0. The second-order valence-electron chi connectivity index (χ2n) is 6.52. The van der Waals surface area contributed by atoms with E-state index in [1.54, 1.807) is 24.3 Å². The SMILES string of the molecule is N#CCCCC(C(=O)OC(=O)CCc1ccc2c(c1)OC(NN)O2)c1ncccn1. The summed E-state index contributed by atoms with van der Waals surface area (Å²) < 4.78 is 15.8. The van der Waals surface area contributed by atoms with Gasteiger partial charge in [0.2, 0.25) is 0 Å². The van der Waals surface area contributed by atoms with Gasteiger partial charge in [-0.25, -0.2) is 9.97 Å². The highest BCUT2D eigenvalue weighted by atomic mass is 16.7. The number of nitriles is 1. The number of nitrogens with zero attached hydrogens (tertiary/aromatic N) is 3. The van der Waals surface area contributed by atoms with E-state index in [1.165, 1.54) is 12.4 Å². The Balaban J connectivity index is 1.55. The van der Waals surface area contributed by atoms with Crippen LogP contribution < -0.4 is 20.7 Å². The van der Waals surface area contributed by atoms with Crippen LogP contribution in [0.15, 0.2) is 36.7 Å². The van der Waals surface area contributed by atoms with Crippen LogP contribution >= 0.6 is 0 Å². The predicted molar refractivity (Wildman–Crippen MR) is 102 cm³/mol. The highest BCUT2D eigenvalue weighted by molar-refractivity contribution is 5.89. The van der Waals surface area contributed by atoms with E-state index in [0.717, 1.165) is 5.56 Å². The molecule has 0 radical (unpaired) electrons. The Bertz CT molecular complexity index is 931. The zero-order valence-corrected chi connectivity index (χ0v) is 16.1. The molecular weight excluding hydrogens is 390 g/mol. The van der Waals surface area contributed by atoms with E-state index in [2.05, 4.69) is 15.4 Å². The molecule has 2 atom stereocenters. The average Bonchev–Trinajstić information content (AvgIpc) is 3.18. The maximum absolute atomic E-state index is 12.5. The number of rotatable bonds is 9. The number of hydrogen-bond acceptors (Lipinski definition) is 10. The molecule has 0 saturated heterocycles. The maximum atomic E-state index is 12.5. The second kappa shape index (κ2) is 10.3. The third-order valence-electron chi connectivity index (χ3n) is 4.41. The van der Waals surface area contributed by atoms with Gasteiger partial charge >= 0.3 is 18.4 Å². The fraction of sp³-hybridized carbons (Fsp3) is 0.350. The zero-order chi connectivity index (χ0) is 21.3. The molecule has 3 rings (SSSR count). The van der Waals surface area contributed by atoms with Crippen LogP contribution in [0.3, 0.4) is 0 Å². The molecule has 0 fully saturated rings. The van der Waals surface area contributed by atoms with E-state index in [-0.39, 0.29) is 18.7 Å². The molecule has 0 spiro atoms. The van der Waals surface area contributed by atoms with E-state index in [9.17, 15) is 9.59 Å². The number of fused-ring (bicyclic) bond motifs is 1. The Kier molecular flexibility index (Phi) is 7.26. The molecule has 2 aromatic rings. The van der Waals surface area contributed by atoms with E-state index in [4.69, 9.17) is 25.3 Å². The van der Waals surface area contributed by atoms with Crippen molar-refractivity contribution in [3.8, 4) is 17.6 Å². The van der Waals surface area contributed by atoms with Gasteiger partial charge in [0.25, 0.3) is 0 Å². The molecule has 1 aromatic carbocycles. The van der Waals surface area contributed by atoms with Gasteiger partial charge in [-0.15, -0.1) is 0 Å². The summed E-state index contributed by atoms with van der Waals surface area (Å²) in [5.74, 6) is 4.44. The first-order chi connectivity index (χ1) is 14.6. The van der Waals surface area contributed by atoms with Gasteiger partial charge in [0, 0.05) is 18.8 Å². The van der Waals surface area contributed by atoms with Crippen LogP contribution in [-0.2, 0) is 20.7 Å². The molecule has 30 heavy (non-hydrogen) atoms. The van der Waals surface area contributed by atoms with Crippen molar-refractivity contribution in [3.63, 3.8) is 0 Å². The standard InChI is InChI=1S/C20H21N5O5/c21-9-2-1-4-14(18-23-10-3-11-24-18)19(27)30-17(26)8-6-13-5-7-15-16(12-13)29-20(25-22)28-15/h3,5,7,10-12,14,20,25H,1-2,4,6,8,22H2. The van der Waals surface area contributed by atoms with Crippen molar-refractivity contribution in [3.05, 3.63) is 48.0 Å². The number of esters is 2. The van der Waals surface area contributed by atoms with Gasteiger partial charge in [-0.3, -0.25) is 15.4 Å². The fourth-order valence-electron chi connectivity index (χ4n) is 2.93. The number of hydrazine groups is 1.